The van der Waals surface area contributed by atoms with Crippen molar-refractivity contribution < 1.29 is 9.53 Å². The highest BCUT2D eigenvalue weighted by Crippen LogP contribution is 2.36. The van der Waals surface area contributed by atoms with E-state index < -0.39 is 0 Å². The number of hydrogen-bond acceptors (Lipinski definition) is 8. The van der Waals surface area contributed by atoms with Gasteiger partial charge in [-0.1, -0.05) is 24.0 Å². The average molecular weight is 477 g/mol. The SMILES string of the molecule is Cc1c(C=C2SC(=S)N(CC3CCCO3)C2=O)c(N2CCSCC2)n(C)c(=O)c1C#N. The molecule has 1 unspecified atom stereocenters. The van der Waals surface area contributed by atoms with Crippen molar-refractivity contribution in [2.75, 3.05) is 42.6 Å². The van der Waals surface area contributed by atoms with Crippen molar-refractivity contribution in [2.24, 2.45) is 7.05 Å². The summed E-state index contributed by atoms with van der Waals surface area (Å²) >= 11 is 8.63. The Morgan fingerprint density at radius 1 is 1.32 bits per heavy atom. The van der Waals surface area contributed by atoms with Crippen molar-refractivity contribution in [3.05, 3.63) is 31.9 Å². The van der Waals surface area contributed by atoms with Gasteiger partial charge in [-0.05, 0) is 31.4 Å². The first kappa shape index (κ1) is 22.4. The number of nitrogens with zero attached hydrogens (tertiary/aromatic N) is 4. The van der Waals surface area contributed by atoms with Crippen LogP contribution >= 0.6 is 35.7 Å². The van der Waals surface area contributed by atoms with E-state index in [1.807, 2.05) is 23.9 Å². The minimum absolute atomic E-state index is 0.0211. The van der Waals surface area contributed by atoms with E-state index in [1.54, 1.807) is 23.4 Å². The Balaban J connectivity index is 1.76. The van der Waals surface area contributed by atoms with E-state index in [-0.39, 0.29) is 23.1 Å². The van der Waals surface area contributed by atoms with Gasteiger partial charge < -0.3 is 9.64 Å². The summed E-state index contributed by atoms with van der Waals surface area (Å²) in [6, 6.07) is 2.05. The molecule has 3 aliphatic rings. The predicted molar refractivity (Wildman–Crippen MR) is 130 cm³/mol. The van der Waals surface area contributed by atoms with Gasteiger partial charge in [-0.25, -0.2) is 0 Å². The van der Waals surface area contributed by atoms with E-state index in [9.17, 15) is 14.9 Å². The second kappa shape index (κ2) is 9.36. The molecule has 4 heterocycles. The summed E-state index contributed by atoms with van der Waals surface area (Å²) in [5, 5.41) is 9.59. The van der Waals surface area contributed by atoms with Crippen molar-refractivity contribution in [1.29, 1.82) is 5.26 Å². The molecule has 31 heavy (non-hydrogen) atoms. The third-order valence-corrected chi connectivity index (χ3v) is 8.16. The first-order chi connectivity index (χ1) is 14.9. The Hall–Kier alpha value is -1.80. The van der Waals surface area contributed by atoms with Crippen LogP contribution in [0.1, 0.15) is 29.5 Å². The number of anilines is 1. The lowest BCUT2D eigenvalue weighted by atomic mass is 10.0. The Bertz CT molecular complexity index is 1050. The lowest BCUT2D eigenvalue weighted by molar-refractivity contribution is -0.123. The molecule has 164 valence electrons. The minimum Gasteiger partial charge on any atom is -0.376 e. The number of rotatable bonds is 4. The fourth-order valence-corrected chi connectivity index (χ4v) is 6.31. The first-order valence-electron chi connectivity index (χ1n) is 10.3. The van der Waals surface area contributed by atoms with Crippen LogP contribution in [0.25, 0.3) is 6.08 Å². The van der Waals surface area contributed by atoms with Gasteiger partial charge in [0.2, 0.25) is 0 Å². The summed E-state index contributed by atoms with van der Waals surface area (Å²) in [6.07, 6.45) is 3.76. The van der Waals surface area contributed by atoms with E-state index in [4.69, 9.17) is 17.0 Å². The van der Waals surface area contributed by atoms with Crippen molar-refractivity contribution in [3.8, 4) is 6.07 Å². The zero-order valence-corrected chi connectivity index (χ0v) is 20.0. The molecule has 10 heteroatoms. The van der Waals surface area contributed by atoms with Crippen LogP contribution in [0, 0.1) is 18.3 Å². The number of aromatic nitrogens is 1. The molecular weight excluding hydrogens is 452 g/mol. The number of thioether (sulfide) groups is 2. The molecule has 0 bridgehead atoms. The molecule has 1 aromatic heterocycles. The Kier molecular flexibility index (Phi) is 6.77. The number of nitriles is 1. The predicted octanol–water partition coefficient (Wildman–Crippen LogP) is 2.50. The zero-order chi connectivity index (χ0) is 22.1. The van der Waals surface area contributed by atoms with Gasteiger partial charge in [0.15, 0.2) is 0 Å². The maximum Gasteiger partial charge on any atom is 0.270 e. The summed E-state index contributed by atoms with van der Waals surface area (Å²) < 4.78 is 7.74. The summed E-state index contributed by atoms with van der Waals surface area (Å²) in [6.45, 7) is 4.59. The van der Waals surface area contributed by atoms with Crippen LogP contribution < -0.4 is 10.5 Å². The molecule has 0 N–H and O–H groups in total. The highest BCUT2D eigenvalue weighted by molar-refractivity contribution is 8.26. The van der Waals surface area contributed by atoms with Crippen molar-refractivity contribution in [1.82, 2.24) is 9.47 Å². The summed E-state index contributed by atoms with van der Waals surface area (Å²) in [4.78, 5) is 30.3. The number of pyridine rings is 1. The maximum atomic E-state index is 13.2. The molecule has 3 aliphatic heterocycles. The van der Waals surface area contributed by atoms with Crippen LogP contribution in [-0.4, -0.2) is 63.5 Å². The van der Waals surface area contributed by atoms with Crippen molar-refractivity contribution >= 4 is 57.9 Å². The third-order valence-electron chi connectivity index (χ3n) is 5.84. The molecule has 0 aliphatic carbocycles. The number of carbonyl (C=O) groups excluding carboxylic acids is 1. The molecule has 1 aromatic rings. The molecule has 1 amide bonds. The lowest BCUT2D eigenvalue weighted by Crippen LogP contribution is -2.38. The van der Waals surface area contributed by atoms with Crippen molar-refractivity contribution in [3.63, 3.8) is 0 Å². The van der Waals surface area contributed by atoms with E-state index in [0.29, 0.717) is 21.3 Å². The smallest absolute Gasteiger partial charge is 0.270 e. The Labute approximate surface area is 195 Å². The molecule has 0 aromatic carbocycles. The summed E-state index contributed by atoms with van der Waals surface area (Å²) in [7, 11) is 1.69. The van der Waals surface area contributed by atoms with Gasteiger partial charge in [-0.2, -0.15) is 17.0 Å². The third kappa shape index (κ3) is 4.29. The topological polar surface area (TPSA) is 78.6 Å². The van der Waals surface area contributed by atoms with Gasteiger partial charge >= 0.3 is 0 Å². The number of carbonyl (C=O) groups is 1. The van der Waals surface area contributed by atoms with E-state index in [0.717, 1.165) is 55.4 Å². The molecule has 3 fully saturated rings. The van der Waals surface area contributed by atoms with Crippen LogP contribution in [0.2, 0.25) is 0 Å². The van der Waals surface area contributed by atoms with Gasteiger partial charge in [0.25, 0.3) is 11.5 Å². The molecule has 0 saturated carbocycles. The molecule has 0 spiro atoms. The normalized spacial score (nSPS) is 23.1. The largest absolute Gasteiger partial charge is 0.376 e. The lowest BCUT2D eigenvalue weighted by Gasteiger charge is -2.32. The van der Waals surface area contributed by atoms with E-state index in [2.05, 4.69) is 4.90 Å². The average Bonchev–Trinajstić information content (AvgIpc) is 3.37. The minimum atomic E-state index is -0.309. The molecule has 7 nitrogen and oxygen atoms in total. The maximum absolute atomic E-state index is 13.2. The number of thiocarbonyl (C=S) groups is 1. The number of ether oxygens (including phenoxy) is 1. The van der Waals surface area contributed by atoms with Crippen molar-refractivity contribution in [2.45, 2.75) is 25.9 Å². The standard InChI is InChI=1S/C21H24N4O3S3/c1-13-15(10-17-20(27)25(21(29)31-17)12-14-4-3-7-28-14)18(24-5-8-30-9-6-24)23(2)19(26)16(13)11-22/h10,14H,3-9,12H2,1-2H3. The van der Waals surface area contributed by atoms with Crippen LogP contribution in [0.5, 0.6) is 0 Å². The number of hydrogen-bond donors (Lipinski definition) is 0. The molecular formula is C21H24N4O3S3. The zero-order valence-electron chi connectivity index (χ0n) is 17.5. The Morgan fingerprint density at radius 2 is 2.06 bits per heavy atom. The van der Waals surface area contributed by atoms with Crippen LogP contribution in [-0.2, 0) is 16.6 Å². The van der Waals surface area contributed by atoms with Crippen LogP contribution in [0.15, 0.2) is 9.70 Å². The summed E-state index contributed by atoms with van der Waals surface area (Å²) in [5.41, 5.74) is 1.14. The van der Waals surface area contributed by atoms with Gasteiger partial charge in [-0.3, -0.25) is 19.1 Å². The van der Waals surface area contributed by atoms with Gasteiger partial charge in [0, 0.05) is 43.8 Å². The summed E-state index contributed by atoms with van der Waals surface area (Å²) in [5.74, 6) is 2.55. The second-order valence-electron chi connectivity index (χ2n) is 7.74. The monoisotopic (exact) mass is 476 g/mol. The fourth-order valence-electron chi connectivity index (χ4n) is 4.15. The molecule has 3 saturated heterocycles. The fraction of sp³-hybridized carbons (Fsp3) is 0.524. The highest BCUT2D eigenvalue weighted by atomic mass is 32.2. The first-order valence-corrected chi connectivity index (χ1v) is 12.6. The van der Waals surface area contributed by atoms with Gasteiger partial charge in [-0.15, -0.1) is 0 Å². The van der Waals surface area contributed by atoms with Crippen LogP contribution in [0.4, 0.5) is 5.82 Å². The number of amides is 1. The molecule has 1 atom stereocenters. The highest BCUT2D eigenvalue weighted by Gasteiger charge is 2.35. The molecule has 4 rings (SSSR count). The second-order valence-corrected chi connectivity index (χ2v) is 10.6. The van der Waals surface area contributed by atoms with Gasteiger partial charge in [0.05, 0.1) is 17.6 Å². The Morgan fingerprint density at radius 3 is 2.71 bits per heavy atom. The van der Waals surface area contributed by atoms with Gasteiger partial charge in [0.1, 0.15) is 21.8 Å². The van der Waals surface area contributed by atoms with E-state index in [1.165, 1.54) is 11.8 Å². The molecule has 0 radical (unpaired) electrons. The quantitative estimate of drug-likeness (QED) is 0.485. The van der Waals surface area contributed by atoms with E-state index >= 15 is 0 Å². The van der Waals surface area contributed by atoms with Crippen LogP contribution in [0.3, 0.4) is 0 Å².